The third kappa shape index (κ3) is 7.10. The van der Waals surface area contributed by atoms with Crippen LogP contribution < -0.4 is 0 Å². The van der Waals surface area contributed by atoms with Gasteiger partial charge in [0.15, 0.2) is 17.5 Å². The van der Waals surface area contributed by atoms with Crippen LogP contribution >= 0.6 is 0 Å². The Labute approximate surface area is 360 Å². The SMILES string of the molecule is c1ccc(-c2cccc(-c3nc(-c4cccc(-c5ccccc5)c4)nc(-c4cccc(-c5cc6ccccc6c6c(-c7ccccc7)cc(-c7ccccc7)nc56)c4)n3)c2)cc1. The molecule has 0 amide bonds. The molecule has 62 heavy (non-hydrogen) atoms. The third-order valence-electron chi connectivity index (χ3n) is 11.5. The number of nitrogens with zero attached hydrogens (tertiary/aromatic N) is 4. The molecule has 0 atom stereocenters. The number of benzene rings is 9. The molecule has 4 heteroatoms. The van der Waals surface area contributed by atoms with E-state index >= 15 is 0 Å². The van der Waals surface area contributed by atoms with Crippen molar-refractivity contribution in [3.05, 3.63) is 231 Å². The Morgan fingerprint density at radius 1 is 0.242 bits per heavy atom. The van der Waals surface area contributed by atoms with Crippen LogP contribution in [0.25, 0.3) is 112 Å². The first-order valence-electron chi connectivity index (χ1n) is 20.9. The lowest BCUT2D eigenvalue weighted by Gasteiger charge is -2.17. The molecule has 0 aliphatic heterocycles. The third-order valence-corrected chi connectivity index (χ3v) is 11.5. The zero-order chi connectivity index (χ0) is 41.2. The van der Waals surface area contributed by atoms with Gasteiger partial charge in [-0.1, -0.05) is 200 Å². The molecule has 9 aromatic carbocycles. The second-order valence-corrected chi connectivity index (χ2v) is 15.4. The van der Waals surface area contributed by atoms with Gasteiger partial charge in [-0.2, -0.15) is 0 Å². The highest BCUT2D eigenvalue weighted by Gasteiger charge is 2.19. The number of fused-ring (bicyclic) bond motifs is 3. The quantitative estimate of drug-likeness (QED) is 0.144. The zero-order valence-electron chi connectivity index (χ0n) is 33.7. The molecule has 2 aromatic heterocycles. The minimum Gasteiger partial charge on any atom is -0.247 e. The lowest BCUT2D eigenvalue weighted by molar-refractivity contribution is 1.07. The van der Waals surface area contributed by atoms with Crippen molar-refractivity contribution in [3.8, 4) is 89.9 Å². The molecule has 2 heterocycles. The first-order chi connectivity index (χ1) is 30.7. The molecular formula is C58H38N4. The summed E-state index contributed by atoms with van der Waals surface area (Å²) in [7, 11) is 0. The van der Waals surface area contributed by atoms with Crippen LogP contribution in [0.15, 0.2) is 231 Å². The molecular weight excluding hydrogens is 753 g/mol. The fraction of sp³-hybridized carbons (Fsp3) is 0. The fourth-order valence-electron chi connectivity index (χ4n) is 8.44. The van der Waals surface area contributed by atoms with Gasteiger partial charge in [0.2, 0.25) is 0 Å². The van der Waals surface area contributed by atoms with Gasteiger partial charge >= 0.3 is 0 Å². The highest BCUT2D eigenvalue weighted by Crippen LogP contribution is 2.42. The van der Waals surface area contributed by atoms with Crippen molar-refractivity contribution in [3.63, 3.8) is 0 Å². The Kier molecular flexibility index (Phi) is 9.49. The predicted octanol–water partition coefficient (Wildman–Crippen LogP) is 14.9. The largest absolute Gasteiger partial charge is 0.247 e. The van der Waals surface area contributed by atoms with Crippen LogP contribution in [0, 0.1) is 0 Å². The zero-order valence-corrected chi connectivity index (χ0v) is 33.7. The molecule has 0 aliphatic carbocycles. The molecule has 0 saturated heterocycles. The Balaban J connectivity index is 1.12. The summed E-state index contributed by atoms with van der Waals surface area (Å²) < 4.78 is 0. The number of aromatic nitrogens is 4. The lowest BCUT2D eigenvalue weighted by atomic mass is 9.90. The van der Waals surface area contributed by atoms with Gasteiger partial charge in [0, 0.05) is 33.2 Å². The van der Waals surface area contributed by atoms with Gasteiger partial charge in [0.05, 0.1) is 11.2 Å². The molecule has 0 unspecified atom stereocenters. The van der Waals surface area contributed by atoms with Gasteiger partial charge in [0.25, 0.3) is 0 Å². The van der Waals surface area contributed by atoms with Crippen LogP contribution in [0.2, 0.25) is 0 Å². The smallest absolute Gasteiger partial charge is 0.164 e. The molecule has 290 valence electrons. The van der Waals surface area contributed by atoms with E-state index < -0.39 is 0 Å². The number of hydrogen-bond acceptors (Lipinski definition) is 4. The Morgan fingerprint density at radius 2 is 0.645 bits per heavy atom. The summed E-state index contributed by atoms with van der Waals surface area (Å²) in [6.45, 7) is 0. The van der Waals surface area contributed by atoms with E-state index in [-0.39, 0.29) is 0 Å². The Hall–Kier alpha value is -8.34. The van der Waals surface area contributed by atoms with Crippen LogP contribution in [0.4, 0.5) is 0 Å². The fourth-order valence-corrected chi connectivity index (χ4v) is 8.44. The van der Waals surface area contributed by atoms with Crippen LogP contribution in [0.5, 0.6) is 0 Å². The molecule has 0 aliphatic rings. The maximum absolute atomic E-state index is 5.49. The minimum atomic E-state index is 0.593. The normalized spacial score (nSPS) is 11.2. The monoisotopic (exact) mass is 790 g/mol. The van der Waals surface area contributed by atoms with Gasteiger partial charge in [-0.05, 0) is 80.0 Å². The minimum absolute atomic E-state index is 0.593. The summed E-state index contributed by atoms with van der Waals surface area (Å²) in [5.41, 5.74) is 14.5. The van der Waals surface area contributed by atoms with E-state index in [0.29, 0.717) is 17.5 Å². The average Bonchev–Trinajstić information content (AvgIpc) is 3.37. The number of hydrogen-bond donors (Lipinski definition) is 0. The first kappa shape index (κ1) is 36.7. The molecule has 0 spiro atoms. The van der Waals surface area contributed by atoms with E-state index in [1.54, 1.807) is 0 Å². The molecule has 4 nitrogen and oxygen atoms in total. The molecule has 0 saturated carbocycles. The summed E-state index contributed by atoms with van der Waals surface area (Å²) in [5, 5.41) is 3.43. The summed E-state index contributed by atoms with van der Waals surface area (Å²) >= 11 is 0. The highest BCUT2D eigenvalue weighted by atomic mass is 15.0. The topological polar surface area (TPSA) is 51.6 Å². The van der Waals surface area contributed by atoms with Crippen molar-refractivity contribution < 1.29 is 0 Å². The van der Waals surface area contributed by atoms with Crippen molar-refractivity contribution in [2.45, 2.75) is 0 Å². The number of pyridine rings is 1. The maximum atomic E-state index is 5.49. The van der Waals surface area contributed by atoms with Gasteiger partial charge in [0.1, 0.15) is 0 Å². The highest BCUT2D eigenvalue weighted by molar-refractivity contribution is 6.18. The molecule has 0 N–H and O–H groups in total. The maximum Gasteiger partial charge on any atom is 0.164 e. The van der Waals surface area contributed by atoms with Crippen molar-refractivity contribution in [2.24, 2.45) is 0 Å². The van der Waals surface area contributed by atoms with Crippen molar-refractivity contribution in [2.75, 3.05) is 0 Å². The Bertz CT molecular complexity index is 3280. The Morgan fingerprint density at radius 3 is 1.18 bits per heavy atom. The van der Waals surface area contributed by atoms with Crippen molar-refractivity contribution in [1.82, 2.24) is 19.9 Å². The molecule has 11 aromatic rings. The standard InChI is InChI=1S/C58H38N4/c1-5-18-39(19-6-1)43-27-15-30-47(34-43)56-60-57(48-31-16-28-44(35-48)40-20-7-2-8-21-40)62-58(61-56)49-32-17-29-45(36-49)52-37-46-26-13-14-33-50(46)54-51(41-22-9-3-10-23-41)38-53(59-55(52)54)42-24-11-4-12-25-42/h1-38H. The van der Waals surface area contributed by atoms with E-state index in [0.717, 1.165) is 94.1 Å². The summed E-state index contributed by atoms with van der Waals surface area (Å²) in [6.07, 6.45) is 0. The predicted molar refractivity (Wildman–Crippen MR) is 256 cm³/mol. The van der Waals surface area contributed by atoms with E-state index in [1.165, 1.54) is 0 Å². The van der Waals surface area contributed by atoms with Crippen LogP contribution in [-0.2, 0) is 0 Å². The van der Waals surface area contributed by atoms with Crippen molar-refractivity contribution in [1.29, 1.82) is 0 Å². The summed E-state index contributed by atoms with van der Waals surface area (Å²) in [4.78, 5) is 21.1. The van der Waals surface area contributed by atoms with Gasteiger partial charge in [-0.25, -0.2) is 19.9 Å². The van der Waals surface area contributed by atoms with Crippen LogP contribution in [0.1, 0.15) is 0 Å². The van der Waals surface area contributed by atoms with E-state index in [9.17, 15) is 0 Å². The molecule has 0 fully saturated rings. The summed E-state index contributed by atoms with van der Waals surface area (Å²) in [6, 6.07) is 80.5. The van der Waals surface area contributed by atoms with Gasteiger partial charge < -0.3 is 0 Å². The van der Waals surface area contributed by atoms with Gasteiger partial charge in [-0.3, -0.25) is 0 Å². The number of rotatable bonds is 8. The second-order valence-electron chi connectivity index (χ2n) is 15.4. The van der Waals surface area contributed by atoms with E-state index in [1.807, 2.05) is 18.2 Å². The molecule has 11 rings (SSSR count). The van der Waals surface area contributed by atoms with E-state index in [2.05, 4.69) is 212 Å². The average molecular weight is 791 g/mol. The van der Waals surface area contributed by atoms with Crippen LogP contribution in [-0.4, -0.2) is 19.9 Å². The van der Waals surface area contributed by atoms with E-state index in [4.69, 9.17) is 19.9 Å². The lowest BCUT2D eigenvalue weighted by Crippen LogP contribution is -2.01. The molecule has 0 bridgehead atoms. The second kappa shape index (κ2) is 16.0. The van der Waals surface area contributed by atoms with Gasteiger partial charge in [-0.15, -0.1) is 0 Å². The summed E-state index contributed by atoms with van der Waals surface area (Å²) in [5.74, 6) is 1.81. The molecule has 0 radical (unpaired) electrons. The first-order valence-corrected chi connectivity index (χ1v) is 20.9. The van der Waals surface area contributed by atoms with Crippen molar-refractivity contribution >= 4 is 21.7 Å². The van der Waals surface area contributed by atoms with Crippen LogP contribution in [0.3, 0.4) is 0 Å².